The lowest BCUT2D eigenvalue weighted by Crippen LogP contribution is -2.24. The molecule has 2 heterocycles. The number of aromatic nitrogens is 2. The minimum absolute atomic E-state index is 0.102. The predicted octanol–water partition coefficient (Wildman–Crippen LogP) is 3.87. The first-order chi connectivity index (χ1) is 13.0. The van der Waals surface area contributed by atoms with Crippen molar-refractivity contribution < 1.29 is 14.3 Å². The zero-order chi connectivity index (χ0) is 19.4. The Bertz CT molecular complexity index is 917. The Kier molecular flexibility index (Phi) is 6.23. The molecule has 2 N–H and O–H groups in total. The topological polar surface area (TPSA) is 67.2 Å². The summed E-state index contributed by atoms with van der Waals surface area (Å²) in [6, 6.07) is 8.23. The summed E-state index contributed by atoms with van der Waals surface area (Å²) in [7, 11) is 0. The second-order valence-corrected chi connectivity index (χ2v) is 7.69. The highest BCUT2D eigenvalue weighted by Gasteiger charge is 2.16. The smallest absolute Gasteiger partial charge is 0.261 e. The van der Waals surface area contributed by atoms with Crippen LogP contribution < -0.4 is 5.32 Å². The number of hydrogen-bond acceptors (Lipinski definition) is 4. The number of fused-ring (bicyclic) bond motifs is 1. The van der Waals surface area contributed by atoms with Crippen molar-refractivity contribution in [2.24, 2.45) is 0 Å². The summed E-state index contributed by atoms with van der Waals surface area (Å²) < 4.78 is 14.9. The molecule has 144 valence electrons. The SMILES string of the molecule is CC[C@@H](O)CCCNC(=O)c1cc2c(C)nn(Cc3ccc(F)cc3)c2s1. The van der Waals surface area contributed by atoms with Gasteiger partial charge in [-0.25, -0.2) is 4.39 Å². The molecule has 1 atom stereocenters. The van der Waals surface area contributed by atoms with Gasteiger partial charge in [0.05, 0.1) is 23.2 Å². The van der Waals surface area contributed by atoms with Crippen LogP contribution in [0.1, 0.15) is 47.1 Å². The Labute approximate surface area is 161 Å². The van der Waals surface area contributed by atoms with E-state index < -0.39 is 0 Å². The third-order valence-corrected chi connectivity index (χ3v) is 5.69. The van der Waals surface area contributed by atoms with Crippen molar-refractivity contribution in [3.8, 4) is 0 Å². The molecule has 1 amide bonds. The largest absolute Gasteiger partial charge is 0.393 e. The van der Waals surface area contributed by atoms with Crippen LogP contribution in [0, 0.1) is 12.7 Å². The predicted molar refractivity (Wildman–Crippen MR) is 106 cm³/mol. The van der Waals surface area contributed by atoms with Crippen molar-refractivity contribution in [2.45, 2.75) is 45.8 Å². The lowest BCUT2D eigenvalue weighted by molar-refractivity contribution is 0.0952. The fourth-order valence-electron chi connectivity index (χ4n) is 2.93. The van der Waals surface area contributed by atoms with E-state index in [1.807, 2.05) is 24.6 Å². The van der Waals surface area contributed by atoms with Crippen LogP contribution >= 0.6 is 11.3 Å². The highest BCUT2D eigenvalue weighted by molar-refractivity contribution is 7.20. The van der Waals surface area contributed by atoms with Crippen LogP contribution in [0.25, 0.3) is 10.2 Å². The zero-order valence-electron chi connectivity index (χ0n) is 15.5. The minimum Gasteiger partial charge on any atom is -0.393 e. The first-order valence-corrected chi connectivity index (χ1v) is 9.97. The molecule has 0 fully saturated rings. The van der Waals surface area contributed by atoms with Gasteiger partial charge in [0.1, 0.15) is 10.6 Å². The number of nitrogens with zero attached hydrogens (tertiary/aromatic N) is 2. The molecule has 2 aromatic heterocycles. The molecular weight excluding hydrogens is 365 g/mol. The van der Waals surface area contributed by atoms with E-state index in [1.54, 1.807) is 12.1 Å². The van der Waals surface area contributed by atoms with Crippen LogP contribution in [0.2, 0.25) is 0 Å². The molecule has 5 nitrogen and oxygen atoms in total. The molecule has 0 saturated heterocycles. The normalized spacial score (nSPS) is 12.4. The number of amides is 1. The molecule has 3 aromatic rings. The lowest BCUT2D eigenvalue weighted by Gasteiger charge is -2.07. The summed E-state index contributed by atoms with van der Waals surface area (Å²) in [5.41, 5.74) is 1.82. The van der Waals surface area contributed by atoms with Crippen LogP contribution in [0.5, 0.6) is 0 Å². The van der Waals surface area contributed by atoms with Crippen LogP contribution in [0.4, 0.5) is 4.39 Å². The average Bonchev–Trinajstić information content (AvgIpc) is 3.22. The quantitative estimate of drug-likeness (QED) is 0.575. The van der Waals surface area contributed by atoms with Crippen molar-refractivity contribution in [3.05, 3.63) is 52.3 Å². The summed E-state index contributed by atoms with van der Waals surface area (Å²) in [6.07, 6.45) is 1.87. The first kappa shape index (κ1) is 19.5. The average molecular weight is 389 g/mol. The second-order valence-electron chi connectivity index (χ2n) is 6.66. The molecule has 0 saturated carbocycles. The van der Waals surface area contributed by atoms with Crippen molar-refractivity contribution in [1.82, 2.24) is 15.1 Å². The van der Waals surface area contributed by atoms with Crippen molar-refractivity contribution in [2.75, 3.05) is 6.54 Å². The molecule has 7 heteroatoms. The summed E-state index contributed by atoms with van der Waals surface area (Å²) in [4.78, 5) is 14.0. The van der Waals surface area contributed by atoms with E-state index in [1.165, 1.54) is 23.5 Å². The summed E-state index contributed by atoms with van der Waals surface area (Å²) in [5.74, 6) is -0.364. The molecule has 27 heavy (non-hydrogen) atoms. The number of benzene rings is 1. The number of thiophene rings is 1. The van der Waals surface area contributed by atoms with E-state index in [-0.39, 0.29) is 17.8 Å². The number of halogens is 1. The number of carbonyl (C=O) groups is 1. The van der Waals surface area contributed by atoms with E-state index in [0.717, 1.165) is 34.3 Å². The van der Waals surface area contributed by atoms with Crippen molar-refractivity contribution in [1.29, 1.82) is 0 Å². The minimum atomic E-state index is -0.300. The molecule has 0 radical (unpaired) electrons. The Morgan fingerprint density at radius 2 is 2.11 bits per heavy atom. The summed E-state index contributed by atoms with van der Waals surface area (Å²) >= 11 is 1.41. The Balaban J connectivity index is 1.69. The maximum absolute atomic E-state index is 13.1. The van der Waals surface area contributed by atoms with Gasteiger partial charge in [-0.05, 0) is 49.9 Å². The maximum Gasteiger partial charge on any atom is 0.261 e. The van der Waals surface area contributed by atoms with Gasteiger partial charge in [0.25, 0.3) is 5.91 Å². The fourth-order valence-corrected chi connectivity index (χ4v) is 4.00. The number of carbonyl (C=O) groups excluding carboxylic acids is 1. The van der Waals surface area contributed by atoms with E-state index in [4.69, 9.17) is 0 Å². The number of aliphatic hydroxyl groups is 1. The molecule has 1 aromatic carbocycles. The molecule has 0 aliphatic rings. The molecule has 0 aliphatic heterocycles. The van der Waals surface area contributed by atoms with Gasteiger partial charge in [0.15, 0.2) is 0 Å². The van der Waals surface area contributed by atoms with Crippen LogP contribution in [0.15, 0.2) is 30.3 Å². The molecular formula is C20H24FN3O2S. The highest BCUT2D eigenvalue weighted by Crippen LogP contribution is 2.29. The Hall–Kier alpha value is -2.25. The number of hydrogen-bond donors (Lipinski definition) is 2. The Morgan fingerprint density at radius 3 is 2.81 bits per heavy atom. The molecule has 0 unspecified atom stereocenters. The molecule has 0 spiro atoms. The van der Waals surface area contributed by atoms with E-state index >= 15 is 0 Å². The first-order valence-electron chi connectivity index (χ1n) is 9.15. The van der Waals surface area contributed by atoms with Gasteiger partial charge in [-0.1, -0.05) is 19.1 Å². The summed E-state index contributed by atoms with van der Waals surface area (Å²) in [5, 5.41) is 18.0. The second kappa shape index (κ2) is 8.63. The van der Waals surface area contributed by atoms with Gasteiger partial charge >= 0.3 is 0 Å². The third-order valence-electron chi connectivity index (χ3n) is 4.55. The number of rotatable bonds is 8. The fraction of sp³-hybridized carbons (Fsp3) is 0.400. The Morgan fingerprint density at radius 1 is 1.37 bits per heavy atom. The maximum atomic E-state index is 13.1. The lowest BCUT2D eigenvalue weighted by atomic mass is 10.1. The van der Waals surface area contributed by atoms with Gasteiger partial charge in [0, 0.05) is 11.9 Å². The number of aliphatic hydroxyl groups excluding tert-OH is 1. The molecule has 0 bridgehead atoms. The number of aryl methyl sites for hydroxylation is 1. The zero-order valence-corrected chi connectivity index (χ0v) is 16.4. The van der Waals surface area contributed by atoms with Crippen molar-refractivity contribution >= 4 is 27.5 Å². The third kappa shape index (κ3) is 4.73. The standard InChI is InChI=1S/C20H24FN3O2S/c1-3-16(25)5-4-10-22-19(26)18-11-17-13(2)23-24(20(17)27-18)12-14-6-8-15(21)9-7-14/h6-9,11,16,25H,3-5,10,12H2,1-2H3,(H,22,26)/t16-/m1/s1. The van der Waals surface area contributed by atoms with Gasteiger partial charge < -0.3 is 10.4 Å². The van der Waals surface area contributed by atoms with E-state index in [2.05, 4.69) is 10.4 Å². The molecule has 0 aliphatic carbocycles. The van der Waals surface area contributed by atoms with Gasteiger partial charge in [0.2, 0.25) is 0 Å². The number of nitrogens with one attached hydrogen (secondary N) is 1. The summed E-state index contributed by atoms with van der Waals surface area (Å²) in [6.45, 7) is 4.94. The van der Waals surface area contributed by atoms with Crippen molar-refractivity contribution in [3.63, 3.8) is 0 Å². The van der Waals surface area contributed by atoms with E-state index in [9.17, 15) is 14.3 Å². The van der Waals surface area contributed by atoms with Gasteiger partial charge in [-0.15, -0.1) is 11.3 Å². The molecule has 3 rings (SSSR count). The highest BCUT2D eigenvalue weighted by atomic mass is 32.1. The van der Waals surface area contributed by atoms with Gasteiger partial charge in [-0.2, -0.15) is 5.10 Å². The van der Waals surface area contributed by atoms with E-state index in [0.29, 0.717) is 24.4 Å². The van der Waals surface area contributed by atoms with Crippen LogP contribution in [0.3, 0.4) is 0 Å². The van der Waals surface area contributed by atoms with Crippen LogP contribution in [-0.2, 0) is 6.54 Å². The van der Waals surface area contributed by atoms with Crippen LogP contribution in [-0.4, -0.2) is 33.4 Å². The monoisotopic (exact) mass is 389 g/mol. The van der Waals surface area contributed by atoms with Gasteiger partial charge in [-0.3, -0.25) is 9.48 Å².